The second-order valence-electron chi connectivity index (χ2n) is 9.34. The highest BCUT2D eigenvalue weighted by molar-refractivity contribution is 5.83. The van der Waals surface area contributed by atoms with Crippen molar-refractivity contribution in [1.29, 1.82) is 0 Å². The number of nitrogens with one attached hydrogen (secondary N) is 1. The highest BCUT2D eigenvalue weighted by Crippen LogP contribution is 2.47. The normalized spacial score (nSPS) is 27.8. The van der Waals surface area contributed by atoms with Crippen LogP contribution in [0.5, 0.6) is 0 Å². The number of aliphatic hydroxyl groups excluding tert-OH is 1. The molecule has 1 amide bonds. The number of alkyl halides is 6. The Bertz CT molecular complexity index is 1070. The zero-order valence-corrected chi connectivity index (χ0v) is 19.0. The van der Waals surface area contributed by atoms with E-state index >= 15 is 0 Å². The summed E-state index contributed by atoms with van der Waals surface area (Å²) in [5.41, 5.74) is -2.47. The Morgan fingerprint density at radius 3 is 2.06 bits per heavy atom. The summed E-state index contributed by atoms with van der Waals surface area (Å²) in [6.07, 6.45) is -11.8. The van der Waals surface area contributed by atoms with Gasteiger partial charge < -0.3 is 15.2 Å². The molecule has 2 aromatic carbocycles. The van der Waals surface area contributed by atoms with Gasteiger partial charge in [0.15, 0.2) is 0 Å². The third-order valence-electron chi connectivity index (χ3n) is 6.98. The zero-order chi connectivity index (χ0) is 26.4. The van der Waals surface area contributed by atoms with Crippen LogP contribution in [-0.2, 0) is 21.9 Å². The van der Waals surface area contributed by atoms with Crippen LogP contribution in [0.1, 0.15) is 60.5 Å². The quantitative estimate of drug-likeness (QED) is 0.495. The molecule has 196 valence electrons. The molecule has 1 saturated carbocycles. The number of amides is 1. The number of hydrogen-bond acceptors (Lipinski definition) is 3. The number of benzene rings is 2. The van der Waals surface area contributed by atoms with E-state index in [0.717, 1.165) is 0 Å². The molecule has 2 aromatic rings. The second-order valence-corrected chi connectivity index (χ2v) is 9.34. The molecule has 36 heavy (non-hydrogen) atoms. The minimum absolute atomic E-state index is 0.0667. The van der Waals surface area contributed by atoms with E-state index in [0.29, 0.717) is 30.5 Å². The van der Waals surface area contributed by atoms with Crippen LogP contribution in [0, 0.1) is 11.7 Å². The molecule has 0 bridgehead atoms. The first-order valence-corrected chi connectivity index (χ1v) is 11.4. The molecule has 1 saturated heterocycles. The zero-order valence-electron chi connectivity index (χ0n) is 19.0. The van der Waals surface area contributed by atoms with Crippen LogP contribution in [0.15, 0.2) is 42.5 Å². The summed E-state index contributed by atoms with van der Waals surface area (Å²) >= 11 is 0. The van der Waals surface area contributed by atoms with Gasteiger partial charge in [0.1, 0.15) is 11.9 Å². The summed E-state index contributed by atoms with van der Waals surface area (Å²) in [5.74, 6) is -1.66. The van der Waals surface area contributed by atoms with Gasteiger partial charge in [-0.1, -0.05) is 12.1 Å². The largest absolute Gasteiger partial charge is 0.416 e. The fourth-order valence-corrected chi connectivity index (χ4v) is 5.26. The number of rotatable bonds is 5. The lowest BCUT2D eigenvalue weighted by molar-refractivity contribution is -0.143. The molecule has 2 N–H and O–H groups in total. The van der Waals surface area contributed by atoms with Gasteiger partial charge in [-0.2, -0.15) is 26.3 Å². The van der Waals surface area contributed by atoms with Crippen LogP contribution >= 0.6 is 0 Å². The fourth-order valence-electron chi connectivity index (χ4n) is 5.26. The second kappa shape index (κ2) is 9.66. The Morgan fingerprint density at radius 2 is 1.56 bits per heavy atom. The molecular weight excluding hydrogens is 495 g/mol. The molecule has 1 aliphatic heterocycles. The van der Waals surface area contributed by atoms with Gasteiger partial charge in [-0.3, -0.25) is 4.79 Å². The maximum absolute atomic E-state index is 13.6. The number of halogens is 7. The molecule has 1 aliphatic carbocycles. The Morgan fingerprint density at radius 1 is 0.972 bits per heavy atom. The summed E-state index contributed by atoms with van der Waals surface area (Å²) in [6.45, 7) is 1.38. The fraction of sp³-hybridized carbons (Fsp3) is 0.480. The maximum atomic E-state index is 13.6. The van der Waals surface area contributed by atoms with Gasteiger partial charge in [0.2, 0.25) is 5.91 Å². The number of carbonyl (C=O) groups excluding carboxylic acids is 1. The molecule has 1 heterocycles. The SMILES string of the molecule is C[C@@H](O[C@H]1CC[C@@H](C2C[C@H](O)C(=O)N2)[C@@H]1c1ccc(F)cc1)c1cc(C(F)(F)F)cc(C(F)(F)F)c1. The average molecular weight is 519 g/mol. The van der Waals surface area contributed by atoms with Crippen molar-refractivity contribution in [3.63, 3.8) is 0 Å². The van der Waals surface area contributed by atoms with Gasteiger partial charge in [0.05, 0.1) is 23.3 Å². The highest BCUT2D eigenvalue weighted by Gasteiger charge is 2.46. The van der Waals surface area contributed by atoms with E-state index in [1.807, 2.05) is 0 Å². The van der Waals surface area contributed by atoms with Crippen molar-refractivity contribution >= 4 is 5.91 Å². The van der Waals surface area contributed by atoms with Crippen LogP contribution in [0.25, 0.3) is 0 Å². The van der Waals surface area contributed by atoms with Crippen LogP contribution in [-0.4, -0.2) is 29.3 Å². The lowest BCUT2D eigenvalue weighted by Crippen LogP contribution is -2.36. The van der Waals surface area contributed by atoms with Crippen LogP contribution in [0.4, 0.5) is 30.7 Å². The molecular formula is C25H24F7NO3. The van der Waals surface area contributed by atoms with E-state index < -0.39 is 65.5 Å². The Hall–Kier alpha value is -2.66. The smallest absolute Gasteiger partial charge is 0.383 e. The summed E-state index contributed by atoms with van der Waals surface area (Å²) in [5, 5.41) is 12.6. The molecule has 0 aromatic heterocycles. The van der Waals surface area contributed by atoms with Gasteiger partial charge in [-0.05, 0) is 67.1 Å². The van der Waals surface area contributed by atoms with E-state index in [4.69, 9.17) is 4.74 Å². The number of carbonyl (C=O) groups is 1. The van der Waals surface area contributed by atoms with Crippen molar-refractivity contribution in [1.82, 2.24) is 5.32 Å². The number of aliphatic hydroxyl groups is 1. The standard InChI is InChI=1S/C25H24F7NO3/c1-12(14-8-15(24(27,28)29)10-16(9-14)25(30,31)32)36-21-7-6-18(19-11-20(34)23(35)33-19)22(21)13-2-4-17(26)5-3-13/h2-5,8-10,12,18-22,34H,6-7,11H2,1H3,(H,33,35)/t12-,18+,19?,20+,21+,22+/m1/s1. The number of hydrogen-bond donors (Lipinski definition) is 2. The lowest BCUT2D eigenvalue weighted by Gasteiger charge is -2.31. The van der Waals surface area contributed by atoms with Gasteiger partial charge in [-0.25, -0.2) is 4.39 Å². The van der Waals surface area contributed by atoms with Crippen molar-refractivity contribution in [3.05, 3.63) is 70.5 Å². The summed E-state index contributed by atoms with van der Waals surface area (Å²) in [6, 6.07) is 6.52. The first kappa shape index (κ1) is 26.4. The van der Waals surface area contributed by atoms with E-state index in [1.165, 1.54) is 19.1 Å². The minimum Gasteiger partial charge on any atom is -0.383 e. The van der Waals surface area contributed by atoms with Crippen LogP contribution < -0.4 is 5.32 Å². The molecule has 0 spiro atoms. The molecule has 0 radical (unpaired) electrons. The van der Waals surface area contributed by atoms with Crippen LogP contribution in [0.3, 0.4) is 0 Å². The average Bonchev–Trinajstić information content (AvgIpc) is 3.35. The highest BCUT2D eigenvalue weighted by atomic mass is 19.4. The Balaban J connectivity index is 1.64. The number of ether oxygens (including phenoxy) is 1. The Labute approximate surface area is 202 Å². The van der Waals surface area contributed by atoms with Crippen molar-refractivity contribution in [2.24, 2.45) is 5.92 Å². The van der Waals surface area contributed by atoms with E-state index in [-0.39, 0.29) is 24.0 Å². The maximum Gasteiger partial charge on any atom is 0.416 e. The van der Waals surface area contributed by atoms with Crippen molar-refractivity contribution in [2.75, 3.05) is 0 Å². The van der Waals surface area contributed by atoms with Gasteiger partial charge in [0.25, 0.3) is 0 Å². The topological polar surface area (TPSA) is 58.6 Å². The third kappa shape index (κ3) is 5.51. The third-order valence-corrected chi connectivity index (χ3v) is 6.98. The summed E-state index contributed by atoms with van der Waals surface area (Å²) < 4.78 is 99.5. The predicted molar refractivity (Wildman–Crippen MR) is 114 cm³/mol. The summed E-state index contributed by atoms with van der Waals surface area (Å²) in [4.78, 5) is 11.9. The van der Waals surface area contributed by atoms with Gasteiger partial charge >= 0.3 is 12.4 Å². The first-order chi connectivity index (χ1) is 16.7. The molecule has 4 nitrogen and oxygen atoms in total. The molecule has 11 heteroatoms. The van der Waals surface area contributed by atoms with Gasteiger partial charge in [-0.15, -0.1) is 0 Å². The van der Waals surface area contributed by atoms with Crippen molar-refractivity contribution in [2.45, 2.75) is 68.8 Å². The molecule has 1 unspecified atom stereocenters. The van der Waals surface area contributed by atoms with Crippen molar-refractivity contribution < 1.29 is 45.4 Å². The monoisotopic (exact) mass is 519 g/mol. The molecule has 4 rings (SSSR count). The Kier molecular flexibility index (Phi) is 7.09. The lowest BCUT2D eigenvalue weighted by atomic mass is 9.82. The van der Waals surface area contributed by atoms with Crippen LogP contribution in [0.2, 0.25) is 0 Å². The van der Waals surface area contributed by atoms with Gasteiger partial charge in [0, 0.05) is 18.4 Å². The summed E-state index contributed by atoms with van der Waals surface area (Å²) in [7, 11) is 0. The van der Waals surface area contributed by atoms with E-state index in [2.05, 4.69) is 5.32 Å². The van der Waals surface area contributed by atoms with E-state index in [1.54, 1.807) is 12.1 Å². The van der Waals surface area contributed by atoms with E-state index in [9.17, 15) is 40.6 Å². The molecule has 6 atom stereocenters. The predicted octanol–water partition coefficient (Wildman–Crippen LogP) is 5.75. The molecule has 2 aliphatic rings. The first-order valence-electron chi connectivity index (χ1n) is 11.4. The van der Waals surface area contributed by atoms with Crippen molar-refractivity contribution in [3.8, 4) is 0 Å². The molecule has 2 fully saturated rings. The minimum atomic E-state index is -4.98.